The van der Waals surface area contributed by atoms with Crippen LogP contribution in [0.2, 0.25) is 0 Å². The average molecular weight is 259 g/mol. The van der Waals surface area contributed by atoms with Gasteiger partial charge in [-0.1, -0.05) is 29.4 Å². The fourth-order valence-electron chi connectivity index (χ4n) is 2.75. The number of rotatable bonds is 4. The quantitative estimate of drug-likeness (QED) is 0.866. The highest BCUT2D eigenvalue weighted by Gasteiger charge is 2.37. The van der Waals surface area contributed by atoms with E-state index in [4.69, 9.17) is 4.52 Å². The lowest BCUT2D eigenvalue weighted by molar-refractivity contribution is 0.157. The van der Waals surface area contributed by atoms with E-state index in [1.165, 1.54) is 11.1 Å². The Kier molecular flexibility index (Phi) is 3.08. The predicted octanol–water partition coefficient (Wildman–Crippen LogP) is 1.30. The summed E-state index contributed by atoms with van der Waals surface area (Å²) in [6.07, 6.45) is 1.87. The van der Waals surface area contributed by atoms with Crippen LogP contribution in [0.4, 0.5) is 0 Å². The van der Waals surface area contributed by atoms with Crippen molar-refractivity contribution in [2.45, 2.75) is 31.8 Å². The van der Waals surface area contributed by atoms with Gasteiger partial charge in [0.1, 0.15) is 0 Å². The summed E-state index contributed by atoms with van der Waals surface area (Å²) in [7, 11) is 0. The molecule has 3 rings (SSSR count). The second kappa shape index (κ2) is 4.75. The van der Waals surface area contributed by atoms with Gasteiger partial charge in [-0.3, -0.25) is 5.32 Å². The molecule has 0 saturated heterocycles. The Bertz CT molecular complexity index is 582. The summed E-state index contributed by atoms with van der Waals surface area (Å²) in [5.74, 6) is 1.18. The van der Waals surface area contributed by atoms with E-state index in [1.807, 2.05) is 12.1 Å². The number of hydrogen-bond donors (Lipinski definition) is 2. The molecule has 1 aliphatic rings. The van der Waals surface area contributed by atoms with Crippen LogP contribution in [0.3, 0.4) is 0 Å². The molecule has 0 fully saturated rings. The van der Waals surface area contributed by atoms with Crippen LogP contribution in [0.5, 0.6) is 0 Å². The highest BCUT2D eigenvalue weighted by molar-refractivity contribution is 5.38. The van der Waals surface area contributed by atoms with E-state index in [-0.39, 0.29) is 12.1 Å². The van der Waals surface area contributed by atoms with Crippen molar-refractivity contribution < 1.29 is 9.63 Å². The number of aliphatic hydroxyl groups excluding tert-OH is 1. The number of benzene rings is 1. The molecule has 1 aromatic heterocycles. The molecule has 0 bridgehead atoms. The zero-order chi connectivity index (χ0) is 13.3. The molecule has 100 valence electrons. The highest BCUT2D eigenvalue weighted by atomic mass is 16.5. The number of aliphatic hydroxyl groups is 1. The minimum atomic E-state index is -0.384. The van der Waals surface area contributed by atoms with E-state index in [0.29, 0.717) is 18.3 Å². The van der Waals surface area contributed by atoms with Crippen molar-refractivity contribution in [3.05, 3.63) is 47.1 Å². The number of fused-ring (bicyclic) bond motifs is 1. The third kappa shape index (κ3) is 2.15. The molecule has 5 heteroatoms. The maximum Gasteiger partial charge on any atom is 0.223 e. The van der Waals surface area contributed by atoms with E-state index in [9.17, 15) is 5.11 Å². The Labute approximate surface area is 111 Å². The Morgan fingerprint density at radius 2 is 2.26 bits per heavy atom. The van der Waals surface area contributed by atoms with Crippen LogP contribution in [-0.2, 0) is 18.5 Å². The maximum absolute atomic E-state index is 9.82. The van der Waals surface area contributed by atoms with Crippen LogP contribution in [-0.4, -0.2) is 21.9 Å². The number of aryl methyl sites for hydroxylation is 2. The zero-order valence-corrected chi connectivity index (χ0v) is 10.9. The first-order valence-corrected chi connectivity index (χ1v) is 6.47. The molecule has 0 amide bonds. The van der Waals surface area contributed by atoms with Crippen LogP contribution in [0.15, 0.2) is 28.8 Å². The Morgan fingerprint density at radius 1 is 1.42 bits per heavy atom. The van der Waals surface area contributed by atoms with Gasteiger partial charge >= 0.3 is 0 Å². The first-order chi connectivity index (χ1) is 9.23. The Balaban J connectivity index is 1.81. The van der Waals surface area contributed by atoms with Gasteiger partial charge in [0.05, 0.1) is 18.7 Å². The van der Waals surface area contributed by atoms with Crippen molar-refractivity contribution in [2.24, 2.45) is 0 Å². The summed E-state index contributed by atoms with van der Waals surface area (Å²) in [5, 5.41) is 17.1. The fraction of sp³-hybridized carbons (Fsp3) is 0.429. The molecular weight excluding hydrogens is 242 g/mol. The second-order valence-corrected chi connectivity index (χ2v) is 4.98. The molecule has 19 heavy (non-hydrogen) atoms. The van der Waals surface area contributed by atoms with Gasteiger partial charge in [0.15, 0.2) is 5.82 Å². The highest BCUT2D eigenvalue weighted by Crippen LogP contribution is 2.36. The Morgan fingerprint density at radius 3 is 3.00 bits per heavy atom. The van der Waals surface area contributed by atoms with Gasteiger partial charge in [-0.25, -0.2) is 0 Å². The largest absolute Gasteiger partial charge is 0.394 e. The Hall–Kier alpha value is -1.72. The molecule has 2 aromatic rings. The van der Waals surface area contributed by atoms with Crippen molar-refractivity contribution >= 4 is 0 Å². The molecule has 1 heterocycles. The van der Waals surface area contributed by atoms with E-state index in [1.54, 1.807) is 6.92 Å². The lowest BCUT2D eigenvalue weighted by atomic mass is 9.92. The van der Waals surface area contributed by atoms with Gasteiger partial charge in [0.2, 0.25) is 5.89 Å². The van der Waals surface area contributed by atoms with Gasteiger partial charge in [0.25, 0.3) is 0 Å². The van der Waals surface area contributed by atoms with Gasteiger partial charge in [0, 0.05) is 6.92 Å². The van der Waals surface area contributed by atoms with E-state index < -0.39 is 0 Å². The first-order valence-electron chi connectivity index (χ1n) is 6.47. The lowest BCUT2D eigenvalue weighted by Gasteiger charge is -2.29. The van der Waals surface area contributed by atoms with Crippen molar-refractivity contribution in [1.82, 2.24) is 15.5 Å². The van der Waals surface area contributed by atoms with Gasteiger partial charge in [-0.15, -0.1) is 0 Å². The monoisotopic (exact) mass is 259 g/mol. The molecular formula is C14H17N3O2. The van der Waals surface area contributed by atoms with Crippen molar-refractivity contribution in [3.63, 3.8) is 0 Å². The molecule has 0 radical (unpaired) electrons. The summed E-state index contributed by atoms with van der Waals surface area (Å²) in [5.41, 5.74) is 2.09. The van der Waals surface area contributed by atoms with Gasteiger partial charge in [-0.2, -0.15) is 4.98 Å². The molecule has 2 N–H and O–H groups in total. The summed E-state index contributed by atoms with van der Waals surface area (Å²) in [6.45, 7) is 2.33. The summed E-state index contributed by atoms with van der Waals surface area (Å²) < 4.78 is 4.95. The van der Waals surface area contributed by atoms with Crippen LogP contribution >= 0.6 is 0 Å². The summed E-state index contributed by atoms with van der Waals surface area (Å²) >= 11 is 0. The molecule has 5 nitrogen and oxygen atoms in total. The standard InChI is InChI=1S/C14H17N3O2/c1-10-16-13(17-19-10)8-15-14(9-18)7-6-11-4-2-3-5-12(11)14/h2-5,15,18H,6-9H2,1H3/t14-/m1/s1. The molecule has 1 aromatic carbocycles. The average Bonchev–Trinajstić information content (AvgIpc) is 3.01. The van der Waals surface area contributed by atoms with Crippen molar-refractivity contribution in [1.29, 1.82) is 0 Å². The minimum absolute atomic E-state index is 0.0703. The third-order valence-corrected chi connectivity index (χ3v) is 3.78. The molecule has 0 aliphatic heterocycles. The zero-order valence-electron chi connectivity index (χ0n) is 10.9. The topological polar surface area (TPSA) is 71.2 Å². The number of nitrogens with one attached hydrogen (secondary N) is 1. The number of aromatic nitrogens is 2. The summed E-state index contributed by atoms with van der Waals surface area (Å²) in [6, 6.07) is 8.24. The van der Waals surface area contributed by atoms with Crippen LogP contribution in [0.25, 0.3) is 0 Å². The molecule has 0 saturated carbocycles. The fourth-order valence-corrected chi connectivity index (χ4v) is 2.75. The maximum atomic E-state index is 9.82. The molecule has 0 spiro atoms. The van der Waals surface area contributed by atoms with Crippen molar-refractivity contribution in [3.8, 4) is 0 Å². The normalized spacial score (nSPS) is 21.6. The van der Waals surface area contributed by atoms with E-state index in [0.717, 1.165) is 12.8 Å². The van der Waals surface area contributed by atoms with Crippen LogP contribution in [0, 0.1) is 6.92 Å². The van der Waals surface area contributed by atoms with E-state index >= 15 is 0 Å². The van der Waals surface area contributed by atoms with Gasteiger partial charge < -0.3 is 9.63 Å². The second-order valence-electron chi connectivity index (χ2n) is 4.98. The van der Waals surface area contributed by atoms with E-state index in [2.05, 4.69) is 27.6 Å². The lowest BCUT2D eigenvalue weighted by Crippen LogP contribution is -2.43. The number of nitrogens with zero attached hydrogens (tertiary/aromatic N) is 2. The molecule has 0 unspecified atom stereocenters. The first kappa shape index (κ1) is 12.3. The predicted molar refractivity (Wildman–Crippen MR) is 69.4 cm³/mol. The molecule has 1 aliphatic carbocycles. The van der Waals surface area contributed by atoms with Crippen molar-refractivity contribution in [2.75, 3.05) is 6.61 Å². The summed E-state index contributed by atoms with van der Waals surface area (Å²) in [4.78, 5) is 4.17. The van der Waals surface area contributed by atoms with Crippen LogP contribution < -0.4 is 5.32 Å². The minimum Gasteiger partial charge on any atom is -0.394 e. The number of hydrogen-bond acceptors (Lipinski definition) is 5. The van der Waals surface area contributed by atoms with Crippen LogP contribution in [0.1, 0.15) is 29.3 Å². The smallest absolute Gasteiger partial charge is 0.223 e. The van der Waals surface area contributed by atoms with Gasteiger partial charge in [-0.05, 0) is 24.0 Å². The molecule has 1 atom stereocenters. The SMILES string of the molecule is Cc1nc(CN[C@@]2(CO)CCc3ccccc32)no1. The third-order valence-electron chi connectivity index (χ3n) is 3.78.